The van der Waals surface area contributed by atoms with E-state index in [0.717, 1.165) is 4.90 Å². The molecule has 0 aliphatic rings. The molecule has 2 N–H and O–H groups in total. The van der Waals surface area contributed by atoms with Gasteiger partial charge in [0.25, 0.3) is 0 Å². The van der Waals surface area contributed by atoms with Gasteiger partial charge >= 0.3 is 5.37 Å². The van der Waals surface area contributed by atoms with Crippen LogP contribution in [0.15, 0.2) is 30.0 Å². The zero-order chi connectivity index (χ0) is 15.5. The number of carbonyl (C=O) groups is 1. The van der Waals surface area contributed by atoms with Crippen molar-refractivity contribution in [3.8, 4) is 0 Å². The third-order valence-corrected chi connectivity index (χ3v) is 3.35. The highest BCUT2D eigenvalue weighted by atomic mass is 35.5. The van der Waals surface area contributed by atoms with E-state index in [1.165, 1.54) is 0 Å². The van der Waals surface area contributed by atoms with Crippen LogP contribution in [0.25, 0.3) is 5.76 Å². The Bertz CT molecular complexity index is 541. The Hall–Kier alpha value is -1.23. The summed E-state index contributed by atoms with van der Waals surface area (Å²) < 4.78 is 0. The number of rotatable bonds is 4. The lowest BCUT2D eigenvalue weighted by Gasteiger charge is -2.36. The molecule has 20 heavy (non-hydrogen) atoms. The molecule has 1 amide bonds. The summed E-state index contributed by atoms with van der Waals surface area (Å²) in [6.45, 7) is 4.53. The number of nitrogens with zero attached hydrogens (tertiary/aromatic N) is 1. The maximum atomic E-state index is 11.6. The first kappa shape index (κ1) is 16.8. The molecule has 0 aliphatic carbocycles. The first-order chi connectivity index (χ1) is 9.20. The van der Waals surface area contributed by atoms with Crippen LogP contribution < -0.4 is 0 Å². The molecular formula is C14H17Cl2NO3. The van der Waals surface area contributed by atoms with Gasteiger partial charge in [-0.1, -0.05) is 23.7 Å². The van der Waals surface area contributed by atoms with Crippen LogP contribution in [0.3, 0.4) is 0 Å². The molecular weight excluding hydrogens is 301 g/mol. The van der Waals surface area contributed by atoms with E-state index in [4.69, 9.17) is 23.2 Å². The SMILES string of the molecule is C/C(=C(/O)c1cccc(Cl)c1)N(C(=O)Cl)C(C)(C)CO. The van der Waals surface area contributed by atoms with Crippen molar-refractivity contribution in [2.45, 2.75) is 26.3 Å². The third kappa shape index (κ3) is 3.66. The van der Waals surface area contributed by atoms with Crippen LogP contribution in [0.2, 0.25) is 5.02 Å². The van der Waals surface area contributed by atoms with E-state index in [-0.39, 0.29) is 18.1 Å². The van der Waals surface area contributed by atoms with Gasteiger partial charge in [0.2, 0.25) is 0 Å². The van der Waals surface area contributed by atoms with E-state index < -0.39 is 10.9 Å². The van der Waals surface area contributed by atoms with Crippen LogP contribution in [0.4, 0.5) is 4.79 Å². The molecule has 0 unspecified atom stereocenters. The highest BCUT2D eigenvalue weighted by molar-refractivity contribution is 6.63. The van der Waals surface area contributed by atoms with Crippen molar-refractivity contribution < 1.29 is 15.0 Å². The van der Waals surface area contributed by atoms with Crippen molar-refractivity contribution >= 4 is 34.3 Å². The number of halogens is 2. The second-order valence-corrected chi connectivity index (χ2v) is 5.76. The summed E-state index contributed by atoms with van der Waals surface area (Å²) in [6, 6.07) is 6.60. The van der Waals surface area contributed by atoms with Gasteiger partial charge in [-0.2, -0.15) is 0 Å². The van der Waals surface area contributed by atoms with Gasteiger partial charge in [0.05, 0.1) is 17.8 Å². The molecule has 0 saturated carbocycles. The smallest absolute Gasteiger partial charge is 0.321 e. The largest absolute Gasteiger partial charge is 0.505 e. The Kier molecular flexibility index (Phi) is 5.45. The van der Waals surface area contributed by atoms with Crippen molar-refractivity contribution in [2.24, 2.45) is 0 Å². The maximum Gasteiger partial charge on any atom is 0.321 e. The molecule has 4 nitrogen and oxygen atoms in total. The fourth-order valence-electron chi connectivity index (χ4n) is 1.85. The molecule has 1 rings (SSSR count). The van der Waals surface area contributed by atoms with E-state index in [9.17, 15) is 15.0 Å². The van der Waals surface area contributed by atoms with E-state index in [2.05, 4.69) is 0 Å². The quantitative estimate of drug-likeness (QED) is 0.501. The van der Waals surface area contributed by atoms with Crippen molar-refractivity contribution in [2.75, 3.05) is 6.61 Å². The highest BCUT2D eigenvalue weighted by Crippen LogP contribution is 2.28. The lowest BCUT2D eigenvalue weighted by atomic mass is 10.0. The standard InChI is InChI=1S/C14H17Cl2NO3/c1-9(17(13(16)20)14(2,3)8-18)12(19)10-5-4-6-11(15)7-10/h4-7,18-19H,8H2,1-3H3/b12-9-. The molecule has 0 atom stereocenters. The molecule has 1 aromatic rings. The van der Waals surface area contributed by atoms with Crippen LogP contribution in [0.1, 0.15) is 26.3 Å². The third-order valence-electron chi connectivity index (χ3n) is 2.94. The molecule has 0 radical (unpaired) electrons. The van der Waals surface area contributed by atoms with Crippen LogP contribution >= 0.6 is 23.2 Å². The number of hydrogen-bond acceptors (Lipinski definition) is 3. The van der Waals surface area contributed by atoms with Gasteiger partial charge in [0.1, 0.15) is 5.76 Å². The Labute approximate surface area is 128 Å². The molecule has 1 aromatic carbocycles. The van der Waals surface area contributed by atoms with E-state index in [0.29, 0.717) is 10.6 Å². The van der Waals surface area contributed by atoms with E-state index in [1.54, 1.807) is 45.0 Å². The summed E-state index contributed by atoms with van der Waals surface area (Å²) in [5.74, 6) is -0.122. The van der Waals surface area contributed by atoms with Gasteiger partial charge in [-0.25, -0.2) is 0 Å². The summed E-state index contributed by atoms with van der Waals surface area (Å²) in [6.07, 6.45) is 0. The van der Waals surface area contributed by atoms with E-state index in [1.807, 2.05) is 0 Å². The van der Waals surface area contributed by atoms with Crippen LogP contribution in [-0.2, 0) is 0 Å². The molecule has 0 bridgehead atoms. The normalized spacial score (nSPS) is 12.9. The lowest BCUT2D eigenvalue weighted by Crippen LogP contribution is -2.47. The monoisotopic (exact) mass is 317 g/mol. The first-order valence-corrected chi connectivity index (χ1v) is 6.72. The molecule has 0 saturated heterocycles. The number of allylic oxidation sites excluding steroid dienone is 1. The van der Waals surface area contributed by atoms with Gasteiger partial charge in [0, 0.05) is 10.6 Å². The highest BCUT2D eigenvalue weighted by Gasteiger charge is 2.32. The molecule has 0 fully saturated rings. The summed E-state index contributed by atoms with van der Waals surface area (Å²) in [7, 11) is 0. The van der Waals surface area contributed by atoms with Gasteiger partial charge in [-0.3, -0.25) is 9.69 Å². The molecule has 110 valence electrons. The van der Waals surface area contributed by atoms with Gasteiger partial charge in [-0.05, 0) is 44.5 Å². The minimum atomic E-state index is -0.935. The lowest BCUT2D eigenvalue weighted by molar-refractivity contribution is 0.112. The molecule has 0 spiro atoms. The van der Waals surface area contributed by atoms with Crippen LogP contribution in [0.5, 0.6) is 0 Å². The summed E-state index contributed by atoms with van der Waals surface area (Å²) in [5.41, 5.74) is -0.229. The Morgan fingerprint density at radius 1 is 1.40 bits per heavy atom. The Morgan fingerprint density at radius 2 is 2.00 bits per heavy atom. The summed E-state index contributed by atoms with van der Waals surface area (Å²) in [4.78, 5) is 12.7. The van der Waals surface area contributed by atoms with Crippen molar-refractivity contribution in [1.29, 1.82) is 0 Å². The Morgan fingerprint density at radius 3 is 2.45 bits per heavy atom. The summed E-state index contributed by atoms with van der Waals surface area (Å²) >= 11 is 11.4. The van der Waals surface area contributed by atoms with Crippen LogP contribution in [0, 0.1) is 0 Å². The minimum absolute atomic E-state index is 0.122. The molecule has 6 heteroatoms. The first-order valence-electron chi connectivity index (χ1n) is 5.97. The molecule has 0 aromatic heterocycles. The number of carbonyl (C=O) groups excluding carboxylic acids is 1. The van der Waals surface area contributed by atoms with Crippen molar-refractivity contribution in [1.82, 2.24) is 4.90 Å². The maximum absolute atomic E-state index is 11.6. The second kappa shape index (κ2) is 6.48. The number of hydrogen-bond donors (Lipinski definition) is 2. The average Bonchev–Trinajstić information content (AvgIpc) is 2.37. The zero-order valence-corrected chi connectivity index (χ0v) is 13.0. The van der Waals surface area contributed by atoms with Crippen molar-refractivity contribution in [3.05, 3.63) is 40.5 Å². The fourth-order valence-corrected chi connectivity index (χ4v) is 2.39. The van der Waals surface area contributed by atoms with Gasteiger partial charge in [-0.15, -0.1) is 0 Å². The Balaban J connectivity index is 3.33. The minimum Gasteiger partial charge on any atom is -0.505 e. The van der Waals surface area contributed by atoms with Gasteiger partial charge < -0.3 is 10.2 Å². The number of aliphatic hydroxyl groups is 2. The number of aliphatic hydroxyl groups excluding tert-OH is 2. The average molecular weight is 318 g/mol. The molecule has 0 heterocycles. The van der Waals surface area contributed by atoms with Gasteiger partial charge in [0.15, 0.2) is 0 Å². The zero-order valence-electron chi connectivity index (χ0n) is 11.5. The molecule has 0 aliphatic heterocycles. The predicted octanol–water partition coefficient (Wildman–Crippen LogP) is 4.02. The second-order valence-electron chi connectivity index (χ2n) is 5.00. The number of amides is 1. The topological polar surface area (TPSA) is 60.8 Å². The number of benzene rings is 1. The van der Waals surface area contributed by atoms with Crippen molar-refractivity contribution in [3.63, 3.8) is 0 Å². The predicted molar refractivity (Wildman–Crippen MR) is 80.9 cm³/mol. The van der Waals surface area contributed by atoms with Crippen LogP contribution in [-0.4, -0.2) is 32.6 Å². The fraction of sp³-hybridized carbons (Fsp3) is 0.357. The van der Waals surface area contributed by atoms with E-state index >= 15 is 0 Å². The summed E-state index contributed by atoms with van der Waals surface area (Å²) in [5, 5.41) is 19.3.